The molecule has 1 saturated heterocycles. The molecule has 3 nitrogen and oxygen atoms in total. The Morgan fingerprint density at radius 2 is 2.45 bits per heavy atom. The van der Waals surface area contributed by atoms with Gasteiger partial charge in [0.05, 0.1) is 0 Å². The Kier molecular flexibility index (Phi) is 2.88. The average Bonchev–Trinajstić information content (AvgIpc) is 2.34. The van der Waals surface area contributed by atoms with Crippen LogP contribution >= 0.6 is 0 Å². The molecule has 0 bridgehead atoms. The van der Waals surface area contributed by atoms with E-state index in [1.54, 1.807) is 0 Å². The fraction of sp³-hybridized carbons (Fsp3) is 0.875. The zero-order valence-corrected chi connectivity index (χ0v) is 6.84. The largest absolute Gasteiger partial charge is 0.481 e. The molecule has 0 aromatic heterocycles. The molecule has 11 heavy (non-hydrogen) atoms. The minimum Gasteiger partial charge on any atom is -0.481 e. The van der Waals surface area contributed by atoms with Gasteiger partial charge in [-0.3, -0.25) is 4.79 Å². The lowest BCUT2D eigenvalue weighted by Crippen LogP contribution is -2.27. The first kappa shape index (κ1) is 8.53. The van der Waals surface area contributed by atoms with Crippen molar-refractivity contribution in [1.29, 1.82) is 0 Å². The summed E-state index contributed by atoms with van der Waals surface area (Å²) in [6.45, 7) is 3.08. The van der Waals surface area contributed by atoms with E-state index in [-0.39, 0.29) is 0 Å². The first-order valence-electron chi connectivity index (χ1n) is 4.19. The Morgan fingerprint density at radius 1 is 1.73 bits per heavy atom. The van der Waals surface area contributed by atoms with Crippen molar-refractivity contribution in [1.82, 2.24) is 5.32 Å². The van der Waals surface area contributed by atoms with Crippen molar-refractivity contribution in [3.63, 3.8) is 0 Å². The molecular formula is C8H15NO2. The van der Waals surface area contributed by atoms with Crippen molar-refractivity contribution in [2.75, 3.05) is 6.54 Å². The maximum Gasteiger partial charge on any atom is 0.303 e. The van der Waals surface area contributed by atoms with Gasteiger partial charge >= 0.3 is 5.97 Å². The third-order valence-electron chi connectivity index (χ3n) is 2.37. The third-order valence-corrected chi connectivity index (χ3v) is 2.37. The molecule has 1 fully saturated rings. The van der Waals surface area contributed by atoms with E-state index in [4.69, 9.17) is 5.11 Å². The molecule has 1 aliphatic rings. The summed E-state index contributed by atoms with van der Waals surface area (Å²) < 4.78 is 0. The number of rotatable bonds is 3. The van der Waals surface area contributed by atoms with Gasteiger partial charge in [-0.2, -0.15) is 0 Å². The first-order valence-corrected chi connectivity index (χ1v) is 4.19. The molecule has 1 heterocycles. The second kappa shape index (κ2) is 3.72. The fourth-order valence-electron chi connectivity index (χ4n) is 1.77. The van der Waals surface area contributed by atoms with Crippen molar-refractivity contribution < 1.29 is 9.90 Å². The van der Waals surface area contributed by atoms with E-state index in [2.05, 4.69) is 12.2 Å². The Bertz CT molecular complexity index is 147. The summed E-state index contributed by atoms with van der Waals surface area (Å²) in [6, 6.07) is 0.436. The lowest BCUT2D eigenvalue weighted by Gasteiger charge is -2.14. The Morgan fingerprint density at radius 3 is 3.00 bits per heavy atom. The zero-order valence-electron chi connectivity index (χ0n) is 6.84. The second-order valence-corrected chi connectivity index (χ2v) is 3.12. The topological polar surface area (TPSA) is 49.3 Å². The average molecular weight is 157 g/mol. The third kappa shape index (κ3) is 2.19. The first-order chi connectivity index (χ1) is 5.24. The van der Waals surface area contributed by atoms with E-state index < -0.39 is 5.97 Å². The standard InChI is InChI=1S/C8H15NO2/c1-2-7-6(3-4-9-7)5-8(10)11/h6-7,9H,2-5H2,1H3,(H,10,11)/t6-,7-/m0/s1. The molecule has 1 rings (SSSR count). The number of aliphatic carboxylic acids is 1. The van der Waals surface area contributed by atoms with Crippen molar-refractivity contribution in [2.24, 2.45) is 5.92 Å². The highest BCUT2D eigenvalue weighted by Crippen LogP contribution is 2.21. The molecule has 0 unspecified atom stereocenters. The summed E-state index contributed by atoms with van der Waals surface area (Å²) in [6.07, 6.45) is 2.38. The van der Waals surface area contributed by atoms with Crippen LogP contribution in [0.3, 0.4) is 0 Å². The minimum atomic E-state index is -0.669. The second-order valence-electron chi connectivity index (χ2n) is 3.12. The van der Waals surface area contributed by atoms with Gasteiger partial charge in [0.2, 0.25) is 0 Å². The molecule has 0 saturated carbocycles. The van der Waals surface area contributed by atoms with Crippen LogP contribution in [-0.4, -0.2) is 23.7 Å². The van der Waals surface area contributed by atoms with E-state index in [0.29, 0.717) is 18.4 Å². The predicted molar refractivity (Wildman–Crippen MR) is 42.4 cm³/mol. The van der Waals surface area contributed by atoms with Crippen molar-refractivity contribution in [2.45, 2.75) is 32.2 Å². The number of carbonyl (C=O) groups is 1. The molecule has 1 aliphatic heterocycles. The van der Waals surface area contributed by atoms with Gasteiger partial charge in [0.15, 0.2) is 0 Å². The number of carboxylic acid groups (broad SMARTS) is 1. The van der Waals surface area contributed by atoms with E-state index in [9.17, 15) is 4.79 Å². The molecule has 64 valence electrons. The smallest absolute Gasteiger partial charge is 0.303 e. The molecule has 0 radical (unpaired) electrons. The van der Waals surface area contributed by atoms with Gasteiger partial charge in [-0.25, -0.2) is 0 Å². The molecule has 2 N–H and O–H groups in total. The summed E-state index contributed by atoms with van der Waals surface area (Å²) in [5.74, 6) is -0.311. The summed E-state index contributed by atoms with van der Waals surface area (Å²) in [7, 11) is 0. The van der Waals surface area contributed by atoms with Gasteiger partial charge in [0.1, 0.15) is 0 Å². The van der Waals surface area contributed by atoms with Crippen LogP contribution in [0.25, 0.3) is 0 Å². The van der Waals surface area contributed by atoms with Gasteiger partial charge in [-0.05, 0) is 25.3 Å². The summed E-state index contributed by atoms with van der Waals surface area (Å²) in [5.41, 5.74) is 0. The molecule has 2 atom stereocenters. The zero-order chi connectivity index (χ0) is 8.27. The van der Waals surface area contributed by atoms with Crippen LogP contribution in [0.15, 0.2) is 0 Å². The SMILES string of the molecule is CC[C@@H]1NCC[C@H]1CC(=O)O. The lowest BCUT2D eigenvalue weighted by atomic mass is 9.95. The molecule has 0 aromatic carbocycles. The van der Waals surface area contributed by atoms with Crippen LogP contribution in [-0.2, 0) is 4.79 Å². The van der Waals surface area contributed by atoms with E-state index >= 15 is 0 Å². The Balaban J connectivity index is 2.37. The van der Waals surface area contributed by atoms with E-state index in [1.807, 2.05) is 0 Å². The van der Waals surface area contributed by atoms with Crippen LogP contribution in [0.5, 0.6) is 0 Å². The van der Waals surface area contributed by atoms with E-state index in [0.717, 1.165) is 19.4 Å². The van der Waals surface area contributed by atoms with E-state index in [1.165, 1.54) is 0 Å². The highest BCUT2D eigenvalue weighted by molar-refractivity contribution is 5.67. The molecule has 3 heteroatoms. The summed E-state index contributed by atoms with van der Waals surface area (Å²) in [5, 5.41) is 11.9. The Hall–Kier alpha value is -0.570. The molecular weight excluding hydrogens is 142 g/mol. The van der Waals surface area contributed by atoms with Gasteiger partial charge in [0, 0.05) is 12.5 Å². The van der Waals surface area contributed by atoms with Crippen molar-refractivity contribution in [3.8, 4) is 0 Å². The van der Waals surface area contributed by atoms with Crippen LogP contribution in [0.4, 0.5) is 0 Å². The molecule has 0 aliphatic carbocycles. The van der Waals surface area contributed by atoms with Crippen LogP contribution in [0.1, 0.15) is 26.2 Å². The quantitative estimate of drug-likeness (QED) is 0.638. The highest BCUT2D eigenvalue weighted by atomic mass is 16.4. The fourth-order valence-corrected chi connectivity index (χ4v) is 1.77. The maximum atomic E-state index is 10.4. The molecule has 0 aromatic rings. The number of carboxylic acids is 1. The van der Waals surface area contributed by atoms with Crippen LogP contribution < -0.4 is 5.32 Å². The van der Waals surface area contributed by atoms with Crippen molar-refractivity contribution in [3.05, 3.63) is 0 Å². The maximum absolute atomic E-state index is 10.4. The van der Waals surface area contributed by atoms with Crippen LogP contribution in [0.2, 0.25) is 0 Å². The monoisotopic (exact) mass is 157 g/mol. The number of hydrogen-bond acceptors (Lipinski definition) is 2. The Labute approximate surface area is 66.8 Å². The summed E-state index contributed by atoms with van der Waals surface area (Å²) >= 11 is 0. The van der Waals surface area contributed by atoms with Gasteiger partial charge in [-0.15, -0.1) is 0 Å². The highest BCUT2D eigenvalue weighted by Gasteiger charge is 2.26. The van der Waals surface area contributed by atoms with Gasteiger partial charge in [-0.1, -0.05) is 6.92 Å². The number of nitrogens with one attached hydrogen (secondary N) is 1. The van der Waals surface area contributed by atoms with Gasteiger partial charge < -0.3 is 10.4 Å². The summed E-state index contributed by atoms with van der Waals surface area (Å²) in [4.78, 5) is 10.4. The lowest BCUT2D eigenvalue weighted by molar-refractivity contribution is -0.138. The molecule has 0 amide bonds. The minimum absolute atomic E-state index is 0.325. The van der Waals surface area contributed by atoms with Crippen molar-refractivity contribution >= 4 is 5.97 Å². The number of hydrogen-bond donors (Lipinski definition) is 2. The normalized spacial score (nSPS) is 30.6. The molecule has 0 spiro atoms. The van der Waals surface area contributed by atoms with Crippen LogP contribution in [0, 0.1) is 5.92 Å². The van der Waals surface area contributed by atoms with Gasteiger partial charge in [0.25, 0.3) is 0 Å². The predicted octanol–water partition coefficient (Wildman–Crippen LogP) is 0.849.